The molecular weight excluding hydrogens is 939 g/mol. The van der Waals surface area contributed by atoms with Gasteiger partial charge < -0.3 is 4.90 Å². The number of nitrogens with zero attached hydrogens (tertiary/aromatic N) is 1. The molecule has 366 valence electrons. The summed E-state index contributed by atoms with van der Waals surface area (Å²) in [5.74, 6) is 0. The Labute approximate surface area is 457 Å². The molecule has 0 saturated heterocycles. The van der Waals surface area contributed by atoms with Crippen molar-refractivity contribution in [1.29, 1.82) is 0 Å². The molecule has 0 unspecified atom stereocenters. The summed E-state index contributed by atoms with van der Waals surface area (Å²) in [6, 6.07) is 118. The van der Waals surface area contributed by atoms with Crippen LogP contribution in [0.15, 0.2) is 322 Å². The topological polar surface area (TPSA) is 3.24 Å². The minimum Gasteiger partial charge on any atom is -0.310 e. The first kappa shape index (κ1) is 46.5. The lowest BCUT2D eigenvalue weighted by Gasteiger charge is -2.34. The molecule has 78 heavy (non-hydrogen) atoms. The molecule has 1 heteroatoms. The standard InChI is InChI=1S/C77H53N/c1-5-19-54(20-6-1)65-51-66(55-21-7-2-8-22-55)53-67(52-65)60-43-47-71(48-44-60)78(75-34-18-33-74-76(75)72-31-15-16-32-73(72)77(74,68-27-9-3-10-28-68)69-29-11-4-12-30-69)70-45-41-58(42-46-70)57-35-37-59(38-36-57)62-25-17-26-63(49-62)64-40-39-56-23-13-14-24-61(56)50-64/h1-53H. The van der Waals surface area contributed by atoms with Crippen LogP contribution in [0.4, 0.5) is 17.1 Å². The monoisotopic (exact) mass is 991 g/mol. The van der Waals surface area contributed by atoms with E-state index in [1.54, 1.807) is 0 Å². The smallest absolute Gasteiger partial charge is 0.0714 e. The SMILES string of the molecule is c1ccc(-c2cc(-c3ccccc3)cc(-c3ccc(N(c4ccc(-c5ccc(-c6cccc(-c7ccc8ccccc8c7)c6)cc5)cc4)c4cccc5c4-c4ccccc4C5(c4ccccc4)c4ccccc4)cc3)c2)cc1. The van der Waals surface area contributed by atoms with Crippen molar-refractivity contribution in [3.63, 3.8) is 0 Å². The second-order valence-corrected chi connectivity index (χ2v) is 20.4. The largest absolute Gasteiger partial charge is 0.310 e. The van der Waals surface area contributed by atoms with Crippen molar-refractivity contribution in [3.05, 3.63) is 344 Å². The molecule has 0 aliphatic heterocycles. The fourth-order valence-corrected chi connectivity index (χ4v) is 12.2. The van der Waals surface area contributed by atoms with Gasteiger partial charge in [-0.3, -0.25) is 0 Å². The van der Waals surface area contributed by atoms with Crippen LogP contribution in [0.3, 0.4) is 0 Å². The normalized spacial score (nSPS) is 12.2. The molecule has 13 aromatic carbocycles. The van der Waals surface area contributed by atoms with Gasteiger partial charge in [0.15, 0.2) is 0 Å². The van der Waals surface area contributed by atoms with E-state index in [1.807, 2.05) is 0 Å². The maximum atomic E-state index is 2.47. The van der Waals surface area contributed by atoms with Gasteiger partial charge in [-0.2, -0.15) is 0 Å². The molecule has 0 atom stereocenters. The van der Waals surface area contributed by atoms with Crippen LogP contribution in [0.1, 0.15) is 22.3 Å². The average Bonchev–Trinajstić information content (AvgIpc) is 3.77. The van der Waals surface area contributed by atoms with Crippen LogP contribution < -0.4 is 4.90 Å². The fraction of sp³-hybridized carbons (Fsp3) is 0.0130. The molecule has 0 aromatic heterocycles. The van der Waals surface area contributed by atoms with Crippen molar-refractivity contribution in [2.24, 2.45) is 0 Å². The van der Waals surface area contributed by atoms with Crippen molar-refractivity contribution in [3.8, 4) is 77.9 Å². The summed E-state index contributed by atoms with van der Waals surface area (Å²) in [5, 5.41) is 2.51. The average molecular weight is 992 g/mol. The van der Waals surface area contributed by atoms with Gasteiger partial charge in [0.05, 0.1) is 11.1 Å². The van der Waals surface area contributed by atoms with Crippen LogP contribution >= 0.6 is 0 Å². The third-order valence-corrected chi connectivity index (χ3v) is 15.9. The van der Waals surface area contributed by atoms with E-state index >= 15 is 0 Å². The molecule has 1 aliphatic rings. The maximum Gasteiger partial charge on any atom is 0.0714 e. The molecule has 1 nitrogen and oxygen atoms in total. The molecule has 0 heterocycles. The Morgan fingerprint density at radius 2 is 0.577 bits per heavy atom. The van der Waals surface area contributed by atoms with Gasteiger partial charge in [-0.25, -0.2) is 0 Å². The van der Waals surface area contributed by atoms with E-state index in [-0.39, 0.29) is 0 Å². The molecule has 0 spiro atoms. The van der Waals surface area contributed by atoms with E-state index in [0.29, 0.717) is 0 Å². The summed E-state index contributed by atoms with van der Waals surface area (Å²) in [6.07, 6.45) is 0. The highest BCUT2D eigenvalue weighted by Gasteiger charge is 2.47. The summed E-state index contributed by atoms with van der Waals surface area (Å²) < 4.78 is 0. The second kappa shape index (κ2) is 19.9. The van der Waals surface area contributed by atoms with Crippen molar-refractivity contribution in [2.45, 2.75) is 5.41 Å². The summed E-state index contributed by atoms with van der Waals surface area (Å²) >= 11 is 0. The molecule has 0 radical (unpaired) electrons. The first-order chi connectivity index (χ1) is 38.7. The Morgan fingerprint density at radius 3 is 1.14 bits per heavy atom. The highest BCUT2D eigenvalue weighted by atomic mass is 15.1. The Balaban J connectivity index is 0.878. The van der Waals surface area contributed by atoms with Crippen molar-refractivity contribution < 1.29 is 0 Å². The first-order valence-corrected chi connectivity index (χ1v) is 27.0. The van der Waals surface area contributed by atoms with Gasteiger partial charge in [-0.1, -0.05) is 261 Å². The van der Waals surface area contributed by atoms with Gasteiger partial charge in [-0.15, -0.1) is 0 Å². The highest BCUT2D eigenvalue weighted by Crippen LogP contribution is 2.59. The number of fused-ring (bicyclic) bond motifs is 4. The number of hydrogen-bond acceptors (Lipinski definition) is 1. The van der Waals surface area contributed by atoms with Crippen LogP contribution in [-0.2, 0) is 5.41 Å². The first-order valence-electron chi connectivity index (χ1n) is 27.0. The minimum absolute atomic E-state index is 0.534. The molecule has 14 rings (SSSR count). The highest BCUT2D eigenvalue weighted by molar-refractivity contribution is 5.98. The summed E-state index contributed by atoms with van der Waals surface area (Å²) in [4.78, 5) is 2.47. The lowest BCUT2D eigenvalue weighted by atomic mass is 9.68. The molecule has 0 amide bonds. The number of benzene rings is 13. The van der Waals surface area contributed by atoms with Gasteiger partial charge >= 0.3 is 0 Å². The third kappa shape index (κ3) is 8.30. The Bertz CT molecular complexity index is 4160. The molecule has 0 bridgehead atoms. The Morgan fingerprint density at radius 1 is 0.218 bits per heavy atom. The maximum absolute atomic E-state index is 2.47. The summed E-state index contributed by atoms with van der Waals surface area (Å²) in [5.41, 5.74) is 24.5. The van der Waals surface area contributed by atoms with E-state index in [9.17, 15) is 0 Å². The third-order valence-electron chi connectivity index (χ3n) is 15.9. The van der Waals surface area contributed by atoms with E-state index in [2.05, 4.69) is 326 Å². The van der Waals surface area contributed by atoms with Gasteiger partial charge in [0.2, 0.25) is 0 Å². The lowest BCUT2D eigenvalue weighted by Crippen LogP contribution is -2.28. The second-order valence-electron chi connectivity index (χ2n) is 20.4. The zero-order chi connectivity index (χ0) is 51.8. The van der Waals surface area contributed by atoms with Gasteiger partial charge in [0.25, 0.3) is 0 Å². The molecule has 1 aliphatic carbocycles. The molecule has 0 saturated carbocycles. The van der Waals surface area contributed by atoms with Gasteiger partial charge in [0.1, 0.15) is 0 Å². The van der Waals surface area contributed by atoms with E-state index < -0.39 is 5.41 Å². The molecule has 0 N–H and O–H groups in total. The molecule has 0 fully saturated rings. The number of anilines is 3. The van der Waals surface area contributed by atoms with Gasteiger partial charge in [0, 0.05) is 16.9 Å². The quantitative estimate of drug-likeness (QED) is 0.125. The lowest BCUT2D eigenvalue weighted by molar-refractivity contribution is 0.768. The van der Waals surface area contributed by atoms with Gasteiger partial charge in [-0.05, 0) is 166 Å². The Kier molecular flexibility index (Phi) is 11.8. The van der Waals surface area contributed by atoms with Crippen LogP contribution in [0, 0.1) is 0 Å². The fourth-order valence-electron chi connectivity index (χ4n) is 12.2. The predicted molar refractivity (Wildman–Crippen MR) is 329 cm³/mol. The van der Waals surface area contributed by atoms with E-state index in [0.717, 1.165) is 28.2 Å². The predicted octanol–water partition coefficient (Wildman–Crippen LogP) is 20.7. The van der Waals surface area contributed by atoms with Crippen LogP contribution in [0.25, 0.3) is 88.7 Å². The number of hydrogen-bond donors (Lipinski definition) is 0. The zero-order valence-corrected chi connectivity index (χ0v) is 43.0. The minimum atomic E-state index is -0.534. The zero-order valence-electron chi connectivity index (χ0n) is 43.0. The Hall–Kier alpha value is -10.1. The molecule has 13 aromatic rings. The summed E-state index contributed by atoms with van der Waals surface area (Å²) in [6.45, 7) is 0. The van der Waals surface area contributed by atoms with Crippen molar-refractivity contribution in [1.82, 2.24) is 0 Å². The number of rotatable bonds is 11. The van der Waals surface area contributed by atoms with E-state index in [4.69, 9.17) is 0 Å². The summed E-state index contributed by atoms with van der Waals surface area (Å²) in [7, 11) is 0. The van der Waals surface area contributed by atoms with Crippen LogP contribution in [0.5, 0.6) is 0 Å². The van der Waals surface area contributed by atoms with Crippen LogP contribution in [0.2, 0.25) is 0 Å². The van der Waals surface area contributed by atoms with Crippen molar-refractivity contribution in [2.75, 3.05) is 4.90 Å². The van der Waals surface area contributed by atoms with Crippen LogP contribution in [-0.4, -0.2) is 0 Å². The molecular formula is C77H53N. The van der Waals surface area contributed by atoms with Crippen molar-refractivity contribution >= 4 is 27.8 Å². The van der Waals surface area contributed by atoms with E-state index in [1.165, 1.54) is 99.8 Å².